The third-order valence-corrected chi connectivity index (χ3v) is 4.06. The number of methoxy groups -OCH3 is 2. The van der Waals surface area contributed by atoms with Crippen molar-refractivity contribution in [3.05, 3.63) is 59.7 Å². The third kappa shape index (κ3) is 3.03. The second-order valence-electron chi connectivity index (χ2n) is 5.39. The average molecular weight is 283 g/mol. The molecule has 3 rings (SSSR count). The van der Waals surface area contributed by atoms with Crippen LogP contribution in [-0.2, 0) is 6.54 Å². The normalized spacial score (nSPS) is 20.1. The summed E-state index contributed by atoms with van der Waals surface area (Å²) in [6.07, 6.45) is 1.20. The average Bonchev–Trinajstić information content (AvgIpc) is 3.33. The summed E-state index contributed by atoms with van der Waals surface area (Å²) in [7, 11) is 3.35. The Hall–Kier alpha value is -2.00. The van der Waals surface area contributed by atoms with Crippen molar-refractivity contribution in [3.63, 3.8) is 0 Å². The van der Waals surface area contributed by atoms with Crippen LogP contribution in [0.5, 0.6) is 11.5 Å². The smallest absolute Gasteiger partial charge is 0.165 e. The molecule has 2 aromatic rings. The lowest BCUT2D eigenvalue weighted by Crippen LogP contribution is -2.17. The van der Waals surface area contributed by atoms with Crippen molar-refractivity contribution in [2.45, 2.75) is 24.9 Å². The predicted molar refractivity (Wildman–Crippen MR) is 84.0 cm³/mol. The van der Waals surface area contributed by atoms with Gasteiger partial charge in [-0.25, -0.2) is 0 Å². The van der Waals surface area contributed by atoms with E-state index in [1.165, 1.54) is 12.0 Å². The SMILES string of the molecule is COc1cccc(CN[C@@H]2C[C@H]2c2ccccc2)c1OC. The monoisotopic (exact) mass is 283 g/mol. The highest BCUT2D eigenvalue weighted by Crippen LogP contribution is 2.41. The molecule has 0 saturated heterocycles. The first-order valence-corrected chi connectivity index (χ1v) is 7.31. The molecule has 1 saturated carbocycles. The highest BCUT2D eigenvalue weighted by Gasteiger charge is 2.37. The summed E-state index contributed by atoms with van der Waals surface area (Å²) in [6, 6.07) is 17.3. The van der Waals surface area contributed by atoms with Gasteiger partial charge in [0.25, 0.3) is 0 Å². The molecule has 21 heavy (non-hydrogen) atoms. The number of hydrogen-bond donors (Lipinski definition) is 1. The van der Waals surface area contributed by atoms with E-state index in [2.05, 4.69) is 41.7 Å². The van der Waals surface area contributed by atoms with Crippen LogP contribution in [0.2, 0.25) is 0 Å². The summed E-state index contributed by atoms with van der Waals surface area (Å²) < 4.78 is 10.8. The Morgan fingerprint density at radius 3 is 2.52 bits per heavy atom. The maximum atomic E-state index is 5.47. The molecule has 1 N–H and O–H groups in total. The highest BCUT2D eigenvalue weighted by atomic mass is 16.5. The van der Waals surface area contributed by atoms with E-state index in [0.717, 1.165) is 23.6 Å². The van der Waals surface area contributed by atoms with Crippen LogP contribution in [0.3, 0.4) is 0 Å². The summed E-state index contributed by atoms with van der Waals surface area (Å²) in [5, 5.41) is 3.61. The maximum absolute atomic E-state index is 5.47. The summed E-state index contributed by atoms with van der Waals surface area (Å²) >= 11 is 0. The molecule has 1 aliphatic carbocycles. The van der Waals surface area contributed by atoms with Crippen molar-refractivity contribution >= 4 is 0 Å². The van der Waals surface area contributed by atoms with E-state index in [1.807, 2.05) is 12.1 Å². The van der Waals surface area contributed by atoms with Gasteiger partial charge in [-0.3, -0.25) is 0 Å². The molecule has 0 aromatic heterocycles. The van der Waals surface area contributed by atoms with Gasteiger partial charge in [0.2, 0.25) is 0 Å². The van der Waals surface area contributed by atoms with Crippen LogP contribution in [0.1, 0.15) is 23.5 Å². The molecule has 3 heteroatoms. The molecule has 0 bridgehead atoms. The van der Waals surface area contributed by atoms with Gasteiger partial charge in [0.05, 0.1) is 14.2 Å². The minimum atomic E-state index is 0.559. The highest BCUT2D eigenvalue weighted by molar-refractivity contribution is 5.46. The Balaban J connectivity index is 1.62. The second kappa shape index (κ2) is 6.19. The number of para-hydroxylation sites is 1. The molecule has 0 radical (unpaired) electrons. The lowest BCUT2D eigenvalue weighted by Gasteiger charge is -2.13. The Kier molecular flexibility index (Phi) is 4.11. The Labute approximate surface area is 125 Å². The molecule has 1 aliphatic rings. The molecule has 0 unspecified atom stereocenters. The minimum absolute atomic E-state index is 0.559. The van der Waals surface area contributed by atoms with Crippen molar-refractivity contribution in [2.24, 2.45) is 0 Å². The van der Waals surface area contributed by atoms with Crippen molar-refractivity contribution in [1.82, 2.24) is 5.32 Å². The van der Waals surface area contributed by atoms with E-state index in [9.17, 15) is 0 Å². The van der Waals surface area contributed by atoms with E-state index in [4.69, 9.17) is 9.47 Å². The number of benzene rings is 2. The number of nitrogens with one attached hydrogen (secondary N) is 1. The first-order valence-electron chi connectivity index (χ1n) is 7.31. The minimum Gasteiger partial charge on any atom is -0.493 e. The molecule has 2 aromatic carbocycles. The molecule has 110 valence electrons. The zero-order valence-electron chi connectivity index (χ0n) is 12.5. The lowest BCUT2D eigenvalue weighted by atomic mass is 10.1. The fourth-order valence-corrected chi connectivity index (χ4v) is 2.82. The largest absolute Gasteiger partial charge is 0.493 e. The van der Waals surface area contributed by atoms with Crippen LogP contribution in [-0.4, -0.2) is 20.3 Å². The molecule has 0 amide bonds. The van der Waals surface area contributed by atoms with Crippen molar-refractivity contribution in [3.8, 4) is 11.5 Å². The fraction of sp³-hybridized carbons (Fsp3) is 0.333. The van der Waals surface area contributed by atoms with Gasteiger partial charge in [0.1, 0.15) is 0 Å². The van der Waals surface area contributed by atoms with Crippen LogP contribution in [0.25, 0.3) is 0 Å². The first-order chi connectivity index (χ1) is 10.3. The number of hydrogen-bond acceptors (Lipinski definition) is 3. The Bertz CT molecular complexity index is 597. The van der Waals surface area contributed by atoms with Crippen LogP contribution < -0.4 is 14.8 Å². The van der Waals surface area contributed by atoms with Gasteiger partial charge < -0.3 is 14.8 Å². The van der Waals surface area contributed by atoms with Gasteiger partial charge >= 0.3 is 0 Å². The second-order valence-corrected chi connectivity index (χ2v) is 5.39. The fourth-order valence-electron chi connectivity index (χ4n) is 2.82. The third-order valence-electron chi connectivity index (χ3n) is 4.06. The summed E-state index contributed by atoms with van der Waals surface area (Å²) in [5.74, 6) is 2.25. The standard InChI is InChI=1S/C18H21NO2/c1-20-17-10-6-9-14(18(17)21-2)12-19-16-11-15(16)13-7-4-3-5-8-13/h3-10,15-16,19H,11-12H2,1-2H3/t15-,16+/m0/s1. The van der Waals surface area contributed by atoms with Gasteiger partial charge in [-0.2, -0.15) is 0 Å². The van der Waals surface area contributed by atoms with E-state index in [0.29, 0.717) is 12.0 Å². The lowest BCUT2D eigenvalue weighted by molar-refractivity contribution is 0.350. The predicted octanol–water partition coefficient (Wildman–Crippen LogP) is 3.35. The van der Waals surface area contributed by atoms with Crippen LogP contribution in [0, 0.1) is 0 Å². The van der Waals surface area contributed by atoms with E-state index in [-0.39, 0.29) is 0 Å². The Morgan fingerprint density at radius 2 is 1.81 bits per heavy atom. The zero-order chi connectivity index (χ0) is 14.7. The number of rotatable bonds is 6. The molecule has 2 atom stereocenters. The van der Waals surface area contributed by atoms with Crippen molar-refractivity contribution in [1.29, 1.82) is 0 Å². The quantitative estimate of drug-likeness (QED) is 0.882. The number of ether oxygens (including phenoxy) is 2. The van der Waals surface area contributed by atoms with Gasteiger partial charge in [-0.05, 0) is 18.1 Å². The molecule has 0 spiro atoms. The van der Waals surface area contributed by atoms with Crippen molar-refractivity contribution in [2.75, 3.05) is 14.2 Å². The van der Waals surface area contributed by atoms with Crippen LogP contribution >= 0.6 is 0 Å². The van der Waals surface area contributed by atoms with E-state index >= 15 is 0 Å². The molecular weight excluding hydrogens is 262 g/mol. The van der Waals surface area contributed by atoms with E-state index < -0.39 is 0 Å². The topological polar surface area (TPSA) is 30.5 Å². The van der Waals surface area contributed by atoms with Gasteiger partial charge in [0.15, 0.2) is 11.5 Å². The van der Waals surface area contributed by atoms with Crippen LogP contribution in [0.15, 0.2) is 48.5 Å². The summed E-state index contributed by atoms with van der Waals surface area (Å²) in [4.78, 5) is 0. The van der Waals surface area contributed by atoms with Crippen LogP contribution in [0.4, 0.5) is 0 Å². The summed E-state index contributed by atoms with van der Waals surface area (Å²) in [6.45, 7) is 0.800. The molecular formula is C18H21NO2. The van der Waals surface area contributed by atoms with Gasteiger partial charge in [0, 0.05) is 24.1 Å². The molecule has 3 nitrogen and oxygen atoms in total. The van der Waals surface area contributed by atoms with E-state index in [1.54, 1.807) is 14.2 Å². The molecule has 1 fully saturated rings. The summed E-state index contributed by atoms with van der Waals surface area (Å²) in [5.41, 5.74) is 2.56. The molecule has 0 aliphatic heterocycles. The Morgan fingerprint density at radius 1 is 1.00 bits per heavy atom. The first kappa shape index (κ1) is 14.0. The maximum Gasteiger partial charge on any atom is 0.165 e. The van der Waals surface area contributed by atoms with Crippen molar-refractivity contribution < 1.29 is 9.47 Å². The van der Waals surface area contributed by atoms with Gasteiger partial charge in [-0.15, -0.1) is 0 Å². The van der Waals surface area contributed by atoms with Gasteiger partial charge in [-0.1, -0.05) is 42.5 Å². The zero-order valence-corrected chi connectivity index (χ0v) is 12.5. The molecule has 0 heterocycles.